The monoisotopic (exact) mass is 148 g/mol. The lowest BCUT2D eigenvalue weighted by Crippen LogP contribution is -2.36. The van der Waals surface area contributed by atoms with Crippen molar-refractivity contribution in [3.8, 4) is 0 Å². The lowest BCUT2D eigenvalue weighted by atomic mass is 10.0. The Balaban J connectivity index is 3.52. The fourth-order valence-corrected chi connectivity index (χ4v) is 0.433. The standard InChI is InChI=1S/C7H16O3/c1-6(7(2,3)9)10-5-4-8/h6,8-9H,4-5H2,1-3H3. The predicted octanol–water partition coefficient (Wildman–Crippen LogP) is 0.155. The third-order valence-electron chi connectivity index (χ3n) is 1.45. The fraction of sp³-hybridized carbons (Fsp3) is 1.00. The highest BCUT2D eigenvalue weighted by Gasteiger charge is 2.22. The van der Waals surface area contributed by atoms with Crippen LogP contribution in [0.3, 0.4) is 0 Å². The Morgan fingerprint density at radius 1 is 1.50 bits per heavy atom. The van der Waals surface area contributed by atoms with Crippen molar-refractivity contribution in [1.29, 1.82) is 0 Å². The van der Waals surface area contributed by atoms with Crippen molar-refractivity contribution in [2.45, 2.75) is 32.5 Å². The molecule has 0 aromatic rings. The molecule has 0 amide bonds. The maximum Gasteiger partial charge on any atom is 0.0849 e. The van der Waals surface area contributed by atoms with Crippen molar-refractivity contribution in [1.82, 2.24) is 0 Å². The highest BCUT2D eigenvalue weighted by molar-refractivity contribution is 4.73. The van der Waals surface area contributed by atoms with E-state index in [9.17, 15) is 5.11 Å². The lowest BCUT2D eigenvalue weighted by molar-refractivity contribution is -0.0847. The maximum absolute atomic E-state index is 9.31. The van der Waals surface area contributed by atoms with Crippen molar-refractivity contribution in [2.24, 2.45) is 0 Å². The van der Waals surface area contributed by atoms with E-state index in [2.05, 4.69) is 0 Å². The number of ether oxygens (including phenoxy) is 1. The van der Waals surface area contributed by atoms with Gasteiger partial charge in [-0.15, -0.1) is 0 Å². The summed E-state index contributed by atoms with van der Waals surface area (Å²) in [7, 11) is 0. The van der Waals surface area contributed by atoms with Gasteiger partial charge >= 0.3 is 0 Å². The second-order valence-electron chi connectivity index (χ2n) is 2.89. The van der Waals surface area contributed by atoms with Crippen LogP contribution in [0.1, 0.15) is 20.8 Å². The molecular formula is C7H16O3. The molecule has 0 aromatic heterocycles. The van der Waals surface area contributed by atoms with Gasteiger partial charge in [0.25, 0.3) is 0 Å². The van der Waals surface area contributed by atoms with Crippen LogP contribution in [0.15, 0.2) is 0 Å². The maximum atomic E-state index is 9.31. The van der Waals surface area contributed by atoms with Crippen molar-refractivity contribution >= 4 is 0 Å². The van der Waals surface area contributed by atoms with Crippen molar-refractivity contribution in [2.75, 3.05) is 13.2 Å². The van der Waals surface area contributed by atoms with Crippen LogP contribution in [0.25, 0.3) is 0 Å². The van der Waals surface area contributed by atoms with Gasteiger partial charge in [0.1, 0.15) is 0 Å². The normalized spacial score (nSPS) is 15.3. The third-order valence-corrected chi connectivity index (χ3v) is 1.45. The smallest absolute Gasteiger partial charge is 0.0849 e. The van der Waals surface area contributed by atoms with Gasteiger partial charge in [0.2, 0.25) is 0 Å². The molecule has 0 fully saturated rings. The van der Waals surface area contributed by atoms with Crippen LogP contribution in [-0.2, 0) is 4.74 Å². The third kappa shape index (κ3) is 3.82. The van der Waals surface area contributed by atoms with Crippen LogP contribution in [0.4, 0.5) is 0 Å². The summed E-state index contributed by atoms with van der Waals surface area (Å²) in [5.41, 5.74) is -0.824. The zero-order valence-corrected chi connectivity index (χ0v) is 6.79. The topological polar surface area (TPSA) is 49.7 Å². The van der Waals surface area contributed by atoms with Crippen LogP contribution in [0, 0.1) is 0 Å². The molecule has 0 aromatic carbocycles. The highest BCUT2D eigenvalue weighted by Crippen LogP contribution is 2.10. The summed E-state index contributed by atoms with van der Waals surface area (Å²) in [6, 6.07) is 0. The number of hydrogen-bond donors (Lipinski definition) is 2. The van der Waals surface area contributed by atoms with Gasteiger partial charge in [0, 0.05) is 0 Å². The van der Waals surface area contributed by atoms with Gasteiger partial charge in [0.05, 0.1) is 24.9 Å². The average Bonchev–Trinajstić information content (AvgIpc) is 1.80. The summed E-state index contributed by atoms with van der Waals surface area (Å²) in [6.07, 6.45) is -0.236. The molecule has 0 aliphatic rings. The Morgan fingerprint density at radius 3 is 2.30 bits per heavy atom. The molecule has 0 bridgehead atoms. The molecule has 10 heavy (non-hydrogen) atoms. The molecule has 0 radical (unpaired) electrons. The molecular weight excluding hydrogens is 132 g/mol. The Labute approximate surface area is 61.6 Å². The summed E-state index contributed by atoms with van der Waals surface area (Å²) in [5.74, 6) is 0. The van der Waals surface area contributed by atoms with Gasteiger partial charge in [-0.25, -0.2) is 0 Å². The van der Waals surface area contributed by atoms with Gasteiger partial charge in [-0.3, -0.25) is 0 Å². The molecule has 0 saturated heterocycles. The zero-order chi connectivity index (χ0) is 8.20. The van der Waals surface area contributed by atoms with Crippen molar-refractivity contribution in [3.63, 3.8) is 0 Å². The van der Waals surface area contributed by atoms with Gasteiger partial charge in [-0.05, 0) is 20.8 Å². The van der Waals surface area contributed by atoms with Crippen LogP contribution in [-0.4, -0.2) is 35.1 Å². The summed E-state index contributed by atoms with van der Waals surface area (Å²) in [4.78, 5) is 0. The van der Waals surface area contributed by atoms with Crippen LogP contribution in [0.2, 0.25) is 0 Å². The van der Waals surface area contributed by atoms with E-state index in [4.69, 9.17) is 9.84 Å². The molecule has 3 heteroatoms. The molecule has 0 saturated carbocycles. The van der Waals surface area contributed by atoms with Gasteiger partial charge < -0.3 is 14.9 Å². The van der Waals surface area contributed by atoms with Gasteiger partial charge in [0.15, 0.2) is 0 Å². The zero-order valence-electron chi connectivity index (χ0n) is 6.79. The van der Waals surface area contributed by atoms with Crippen molar-refractivity contribution in [3.05, 3.63) is 0 Å². The van der Waals surface area contributed by atoms with E-state index in [1.165, 1.54) is 0 Å². The average molecular weight is 148 g/mol. The molecule has 0 aliphatic carbocycles. The molecule has 0 heterocycles. The predicted molar refractivity (Wildman–Crippen MR) is 38.8 cm³/mol. The summed E-state index contributed by atoms with van der Waals surface area (Å²) >= 11 is 0. The first-order valence-electron chi connectivity index (χ1n) is 3.43. The van der Waals surface area contributed by atoms with Crippen LogP contribution < -0.4 is 0 Å². The Hall–Kier alpha value is -0.120. The number of hydrogen-bond acceptors (Lipinski definition) is 3. The lowest BCUT2D eigenvalue weighted by Gasteiger charge is -2.25. The molecule has 2 N–H and O–H groups in total. The molecule has 62 valence electrons. The van der Waals surface area contributed by atoms with Crippen LogP contribution in [0.5, 0.6) is 0 Å². The SMILES string of the molecule is CC(OCCO)C(C)(C)O. The minimum absolute atomic E-state index is 0.000417. The van der Waals surface area contributed by atoms with E-state index >= 15 is 0 Å². The molecule has 1 unspecified atom stereocenters. The van der Waals surface area contributed by atoms with E-state index in [0.29, 0.717) is 0 Å². The highest BCUT2D eigenvalue weighted by atomic mass is 16.5. The largest absolute Gasteiger partial charge is 0.394 e. The first-order valence-corrected chi connectivity index (χ1v) is 3.43. The minimum Gasteiger partial charge on any atom is -0.394 e. The number of aliphatic hydroxyl groups excluding tert-OH is 1. The Kier molecular flexibility index (Phi) is 3.86. The van der Waals surface area contributed by atoms with Gasteiger partial charge in [-0.2, -0.15) is 0 Å². The molecule has 0 spiro atoms. The first kappa shape index (κ1) is 9.88. The summed E-state index contributed by atoms with van der Waals surface area (Å²) in [6.45, 7) is 5.41. The second kappa shape index (κ2) is 3.91. The van der Waals surface area contributed by atoms with E-state index in [1.54, 1.807) is 20.8 Å². The molecule has 3 nitrogen and oxygen atoms in total. The van der Waals surface area contributed by atoms with E-state index in [-0.39, 0.29) is 19.3 Å². The van der Waals surface area contributed by atoms with Crippen LogP contribution >= 0.6 is 0 Å². The van der Waals surface area contributed by atoms with E-state index in [0.717, 1.165) is 0 Å². The number of rotatable bonds is 4. The fourth-order valence-electron chi connectivity index (χ4n) is 0.433. The van der Waals surface area contributed by atoms with E-state index in [1.807, 2.05) is 0 Å². The molecule has 0 rings (SSSR count). The second-order valence-corrected chi connectivity index (χ2v) is 2.89. The molecule has 1 atom stereocenters. The molecule has 0 aliphatic heterocycles. The Morgan fingerprint density at radius 2 is 2.00 bits per heavy atom. The summed E-state index contributed by atoms with van der Waals surface area (Å²) in [5, 5.41) is 17.7. The van der Waals surface area contributed by atoms with E-state index < -0.39 is 5.60 Å². The minimum atomic E-state index is -0.824. The summed E-state index contributed by atoms with van der Waals surface area (Å²) < 4.78 is 5.06. The van der Waals surface area contributed by atoms with Crippen molar-refractivity contribution < 1.29 is 14.9 Å². The quantitative estimate of drug-likeness (QED) is 0.597. The van der Waals surface area contributed by atoms with Gasteiger partial charge in [-0.1, -0.05) is 0 Å². The Bertz CT molecular complexity index is 85.3. The number of aliphatic hydroxyl groups is 2. The first-order chi connectivity index (χ1) is 4.48.